The van der Waals surface area contributed by atoms with Gasteiger partial charge in [0, 0.05) is 12.5 Å². The van der Waals surface area contributed by atoms with Crippen molar-refractivity contribution in [3.8, 4) is 5.75 Å². The minimum absolute atomic E-state index is 0.00330. The van der Waals surface area contributed by atoms with Crippen molar-refractivity contribution in [2.24, 2.45) is 11.8 Å². The Labute approximate surface area is 137 Å². The van der Waals surface area contributed by atoms with Crippen molar-refractivity contribution in [1.82, 2.24) is 5.32 Å². The molecule has 2 atom stereocenters. The molecule has 5 heteroatoms. The summed E-state index contributed by atoms with van der Waals surface area (Å²) in [5, 5.41) is 6.24. The van der Waals surface area contributed by atoms with Gasteiger partial charge in [0.15, 0.2) is 0 Å². The first-order valence-corrected chi connectivity index (χ1v) is 8.50. The molecule has 2 saturated heterocycles. The first-order valence-electron chi connectivity index (χ1n) is 8.50. The van der Waals surface area contributed by atoms with E-state index in [0.29, 0.717) is 12.5 Å². The Bertz CT molecular complexity index is 551. The van der Waals surface area contributed by atoms with Gasteiger partial charge in [-0.2, -0.15) is 0 Å². The van der Waals surface area contributed by atoms with Crippen LogP contribution >= 0.6 is 0 Å². The molecule has 1 aromatic carbocycles. The average Bonchev–Trinajstić information content (AvgIpc) is 2.98. The van der Waals surface area contributed by atoms with Gasteiger partial charge < -0.3 is 20.1 Å². The van der Waals surface area contributed by atoms with E-state index in [4.69, 9.17) is 9.47 Å². The van der Waals surface area contributed by atoms with Gasteiger partial charge in [0.25, 0.3) is 0 Å². The van der Waals surface area contributed by atoms with E-state index in [-0.39, 0.29) is 17.9 Å². The van der Waals surface area contributed by atoms with E-state index in [0.717, 1.165) is 49.5 Å². The summed E-state index contributed by atoms with van der Waals surface area (Å²) >= 11 is 0. The van der Waals surface area contributed by atoms with E-state index in [9.17, 15) is 4.79 Å². The average molecular weight is 318 g/mol. The Kier molecular flexibility index (Phi) is 5.18. The number of amides is 1. The number of ether oxygens (including phenoxy) is 2. The van der Waals surface area contributed by atoms with Crippen molar-refractivity contribution in [3.05, 3.63) is 23.8 Å². The second kappa shape index (κ2) is 7.32. The van der Waals surface area contributed by atoms with Crippen LogP contribution in [0.5, 0.6) is 5.75 Å². The zero-order valence-corrected chi connectivity index (χ0v) is 13.9. The van der Waals surface area contributed by atoms with E-state index in [1.165, 1.54) is 0 Å². The smallest absolute Gasteiger partial charge is 0.227 e. The lowest BCUT2D eigenvalue weighted by atomic mass is 9.88. The Morgan fingerprint density at radius 2 is 2.30 bits per heavy atom. The molecule has 126 valence electrons. The molecule has 1 aromatic rings. The number of hydrogen-bond acceptors (Lipinski definition) is 4. The summed E-state index contributed by atoms with van der Waals surface area (Å²) in [6.07, 6.45) is 2.30. The molecule has 0 aromatic heterocycles. The predicted octanol–water partition coefficient (Wildman–Crippen LogP) is 2.35. The zero-order valence-electron chi connectivity index (χ0n) is 13.9. The summed E-state index contributed by atoms with van der Waals surface area (Å²) in [5.41, 5.74) is 1.86. The molecule has 5 nitrogen and oxygen atoms in total. The highest BCUT2D eigenvalue weighted by Crippen LogP contribution is 2.28. The molecular weight excluding hydrogens is 292 g/mol. The van der Waals surface area contributed by atoms with Crippen LogP contribution in [0.2, 0.25) is 0 Å². The van der Waals surface area contributed by atoms with Gasteiger partial charge >= 0.3 is 0 Å². The molecule has 2 aliphatic rings. The standard InChI is InChI=1S/C18H26N2O3/c1-12-5-6-16(20-18(21)13(2)14-9-19-10-14)17(8-12)23-11-15-4-3-7-22-15/h5-6,8,13-15,19H,3-4,7,9-11H2,1-2H3,(H,20,21). The van der Waals surface area contributed by atoms with Gasteiger partial charge in [-0.15, -0.1) is 0 Å². The number of carbonyl (C=O) groups is 1. The lowest BCUT2D eigenvalue weighted by molar-refractivity contribution is -0.121. The van der Waals surface area contributed by atoms with Crippen molar-refractivity contribution >= 4 is 11.6 Å². The van der Waals surface area contributed by atoms with Crippen LogP contribution < -0.4 is 15.4 Å². The summed E-state index contributed by atoms with van der Waals surface area (Å²) in [6, 6.07) is 5.88. The molecule has 0 aliphatic carbocycles. The highest BCUT2D eigenvalue weighted by Gasteiger charge is 2.29. The molecule has 2 unspecified atom stereocenters. The fourth-order valence-electron chi connectivity index (χ4n) is 2.94. The fourth-order valence-corrected chi connectivity index (χ4v) is 2.94. The lowest BCUT2D eigenvalue weighted by Gasteiger charge is -2.31. The normalized spacial score (nSPS) is 22.4. The topological polar surface area (TPSA) is 59.6 Å². The van der Waals surface area contributed by atoms with Crippen LogP contribution in [0.25, 0.3) is 0 Å². The number of hydrogen-bond donors (Lipinski definition) is 2. The van der Waals surface area contributed by atoms with Crippen LogP contribution in [0.4, 0.5) is 5.69 Å². The van der Waals surface area contributed by atoms with Crippen molar-refractivity contribution in [3.63, 3.8) is 0 Å². The van der Waals surface area contributed by atoms with Crippen molar-refractivity contribution in [2.75, 3.05) is 31.6 Å². The molecule has 0 spiro atoms. The van der Waals surface area contributed by atoms with Crippen LogP contribution in [-0.4, -0.2) is 38.3 Å². The molecule has 3 rings (SSSR count). The Morgan fingerprint density at radius 3 is 2.96 bits per heavy atom. The van der Waals surface area contributed by atoms with Crippen LogP contribution in [0, 0.1) is 18.8 Å². The maximum atomic E-state index is 12.4. The second-order valence-electron chi connectivity index (χ2n) is 6.64. The highest BCUT2D eigenvalue weighted by atomic mass is 16.5. The molecule has 0 radical (unpaired) electrons. The number of rotatable bonds is 6. The first-order chi connectivity index (χ1) is 11.1. The van der Waals surface area contributed by atoms with Crippen molar-refractivity contribution in [1.29, 1.82) is 0 Å². The highest BCUT2D eigenvalue weighted by molar-refractivity contribution is 5.94. The van der Waals surface area contributed by atoms with Gasteiger partial charge in [-0.25, -0.2) is 0 Å². The quantitative estimate of drug-likeness (QED) is 0.845. The molecule has 0 bridgehead atoms. The summed E-state index contributed by atoms with van der Waals surface area (Å²) in [4.78, 5) is 12.4. The summed E-state index contributed by atoms with van der Waals surface area (Å²) < 4.78 is 11.5. The minimum atomic E-state index is 0.00330. The second-order valence-corrected chi connectivity index (χ2v) is 6.64. The van der Waals surface area contributed by atoms with Crippen LogP contribution in [0.1, 0.15) is 25.3 Å². The van der Waals surface area contributed by atoms with E-state index in [1.54, 1.807) is 0 Å². The van der Waals surface area contributed by atoms with Gasteiger partial charge in [0.1, 0.15) is 12.4 Å². The molecule has 2 aliphatic heterocycles. The third kappa shape index (κ3) is 4.03. The molecular formula is C18H26N2O3. The Balaban J connectivity index is 1.63. The van der Waals surface area contributed by atoms with E-state index < -0.39 is 0 Å². The third-order valence-electron chi connectivity index (χ3n) is 4.78. The van der Waals surface area contributed by atoms with Gasteiger partial charge in [-0.1, -0.05) is 13.0 Å². The number of carbonyl (C=O) groups excluding carboxylic acids is 1. The van der Waals surface area contributed by atoms with Gasteiger partial charge in [0.2, 0.25) is 5.91 Å². The molecule has 23 heavy (non-hydrogen) atoms. The largest absolute Gasteiger partial charge is 0.489 e. The maximum absolute atomic E-state index is 12.4. The first kappa shape index (κ1) is 16.3. The lowest BCUT2D eigenvalue weighted by Crippen LogP contribution is -2.48. The number of nitrogens with one attached hydrogen (secondary N) is 2. The monoisotopic (exact) mass is 318 g/mol. The Morgan fingerprint density at radius 1 is 1.48 bits per heavy atom. The molecule has 0 saturated carbocycles. The van der Waals surface area contributed by atoms with Crippen LogP contribution in [-0.2, 0) is 9.53 Å². The third-order valence-corrected chi connectivity index (χ3v) is 4.78. The number of aryl methyl sites for hydroxylation is 1. The molecule has 2 heterocycles. The minimum Gasteiger partial charge on any atom is -0.489 e. The number of anilines is 1. The van der Waals surface area contributed by atoms with E-state index in [1.807, 2.05) is 32.0 Å². The van der Waals surface area contributed by atoms with Gasteiger partial charge in [-0.05, 0) is 56.5 Å². The van der Waals surface area contributed by atoms with E-state index in [2.05, 4.69) is 10.6 Å². The van der Waals surface area contributed by atoms with Crippen LogP contribution in [0.3, 0.4) is 0 Å². The predicted molar refractivity (Wildman–Crippen MR) is 89.8 cm³/mol. The zero-order chi connectivity index (χ0) is 16.2. The molecule has 2 fully saturated rings. The Hall–Kier alpha value is -1.59. The molecule has 1 amide bonds. The molecule has 2 N–H and O–H groups in total. The van der Waals surface area contributed by atoms with E-state index >= 15 is 0 Å². The maximum Gasteiger partial charge on any atom is 0.227 e. The van der Waals surface area contributed by atoms with Crippen molar-refractivity contribution < 1.29 is 14.3 Å². The summed E-state index contributed by atoms with van der Waals surface area (Å²) in [5.74, 6) is 1.22. The van der Waals surface area contributed by atoms with Gasteiger partial charge in [-0.3, -0.25) is 4.79 Å². The fraction of sp³-hybridized carbons (Fsp3) is 0.611. The SMILES string of the molecule is Cc1ccc(NC(=O)C(C)C2CNC2)c(OCC2CCCO2)c1. The summed E-state index contributed by atoms with van der Waals surface area (Å²) in [6.45, 7) is 7.21. The van der Waals surface area contributed by atoms with Crippen LogP contribution in [0.15, 0.2) is 18.2 Å². The summed E-state index contributed by atoms with van der Waals surface area (Å²) in [7, 11) is 0. The van der Waals surface area contributed by atoms with Gasteiger partial charge in [0.05, 0.1) is 11.8 Å². The van der Waals surface area contributed by atoms with Crippen molar-refractivity contribution in [2.45, 2.75) is 32.8 Å². The number of benzene rings is 1.